The number of hydrogen-bond acceptors (Lipinski definition) is 2. The normalized spacial score (nSPS) is 16.2. The summed E-state index contributed by atoms with van der Waals surface area (Å²) in [6.07, 6.45) is 3.20. The molecule has 0 atom stereocenters. The van der Waals surface area contributed by atoms with Crippen molar-refractivity contribution < 1.29 is 9.90 Å². The molecule has 0 amide bonds. The summed E-state index contributed by atoms with van der Waals surface area (Å²) >= 11 is 5.90. The number of carboxylic acid groups (broad SMARTS) is 1. The standard InChI is InChI=1S/C12H6ClNO2/c13-7-1-2-10-9(5-7)8-3-6(12(15)16)4-11(8)14-10/h1-5H,(H,15,16). The van der Waals surface area contributed by atoms with E-state index in [1.807, 2.05) is 6.07 Å². The van der Waals surface area contributed by atoms with Crippen LogP contribution in [0.2, 0.25) is 5.02 Å². The van der Waals surface area contributed by atoms with Crippen LogP contribution in [0.1, 0.15) is 0 Å². The van der Waals surface area contributed by atoms with E-state index in [1.165, 1.54) is 0 Å². The van der Waals surface area contributed by atoms with E-state index in [1.54, 1.807) is 24.3 Å². The van der Waals surface area contributed by atoms with Gasteiger partial charge >= 0.3 is 5.97 Å². The van der Waals surface area contributed by atoms with E-state index in [-0.39, 0.29) is 5.57 Å². The minimum atomic E-state index is -0.937. The van der Waals surface area contributed by atoms with Gasteiger partial charge in [-0.05, 0) is 30.4 Å². The number of nitrogens with zero attached hydrogens (tertiary/aromatic N) is 1. The van der Waals surface area contributed by atoms with Gasteiger partial charge in [0.1, 0.15) is 0 Å². The average Bonchev–Trinajstić information content (AvgIpc) is 2.75. The van der Waals surface area contributed by atoms with Crippen LogP contribution in [0.4, 0.5) is 0 Å². The molecule has 3 rings (SSSR count). The number of halogens is 1. The topological polar surface area (TPSA) is 49.7 Å². The first-order valence-electron chi connectivity index (χ1n) is 4.71. The Balaban J connectivity index is 2.34. The van der Waals surface area contributed by atoms with E-state index < -0.39 is 5.97 Å². The highest BCUT2D eigenvalue weighted by atomic mass is 35.5. The second-order valence-electron chi connectivity index (χ2n) is 3.62. The van der Waals surface area contributed by atoms with Gasteiger partial charge in [0.2, 0.25) is 0 Å². The van der Waals surface area contributed by atoms with Crippen LogP contribution in [-0.4, -0.2) is 11.1 Å². The van der Waals surface area contributed by atoms with Gasteiger partial charge in [-0.3, -0.25) is 0 Å². The highest BCUT2D eigenvalue weighted by Gasteiger charge is 2.20. The van der Waals surface area contributed by atoms with E-state index >= 15 is 0 Å². The average molecular weight is 232 g/mol. The van der Waals surface area contributed by atoms with Crippen molar-refractivity contribution in [1.29, 1.82) is 0 Å². The molecule has 0 spiro atoms. The molecule has 0 fully saturated rings. The first kappa shape index (κ1) is 9.36. The zero-order chi connectivity index (χ0) is 11.3. The number of carbonyl (C=O) groups is 1. The van der Waals surface area contributed by atoms with Gasteiger partial charge in [-0.2, -0.15) is 0 Å². The summed E-state index contributed by atoms with van der Waals surface area (Å²) in [5.74, 6) is -0.937. The van der Waals surface area contributed by atoms with Gasteiger partial charge in [0.05, 0.1) is 16.6 Å². The van der Waals surface area contributed by atoms with Gasteiger partial charge in [-0.1, -0.05) is 11.6 Å². The smallest absolute Gasteiger partial charge is 0.335 e. The lowest BCUT2D eigenvalue weighted by atomic mass is 10.2. The third-order valence-corrected chi connectivity index (χ3v) is 2.84. The maximum absolute atomic E-state index is 10.8. The van der Waals surface area contributed by atoms with E-state index in [0.717, 1.165) is 16.1 Å². The second-order valence-corrected chi connectivity index (χ2v) is 4.06. The van der Waals surface area contributed by atoms with Crippen LogP contribution in [-0.2, 0) is 4.79 Å². The zero-order valence-corrected chi connectivity index (χ0v) is 8.82. The summed E-state index contributed by atoms with van der Waals surface area (Å²) in [5, 5.41) is 11.2. The van der Waals surface area contributed by atoms with Gasteiger partial charge in [0.25, 0.3) is 0 Å². The number of aliphatic carboxylic acids is 1. The van der Waals surface area contributed by atoms with Crippen molar-refractivity contribution in [3.05, 3.63) is 57.2 Å². The molecule has 2 aliphatic rings. The highest BCUT2D eigenvalue weighted by molar-refractivity contribution is 6.30. The van der Waals surface area contributed by atoms with Crippen LogP contribution in [0.3, 0.4) is 0 Å². The Labute approximate surface area is 95.7 Å². The SMILES string of the molecule is O=C(O)C1=CC2=c3cc(Cl)ccc3=NC2=C1. The van der Waals surface area contributed by atoms with Crippen molar-refractivity contribution in [2.45, 2.75) is 0 Å². The molecule has 1 heterocycles. The van der Waals surface area contributed by atoms with Crippen LogP contribution in [0.25, 0.3) is 5.57 Å². The summed E-state index contributed by atoms with van der Waals surface area (Å²) in [6.45, 7) is 0. The molecule has 0 saturated carbocycles. The van der Waals surface area contributed by atoms with Crippen molar-refractivity contribution in [1.82, 2.24) is 0 Å². The second kappa shape index (κ2) is 3.06. The predicted octanol–water partition coefficient (Wildman–Crippen LogP) is 1.03. The molecule has 1 aliphatic carbocycles. The molecule has 0 bridgehead atoms. The Morgan fingerprint density at radius 3 is 2.88 bits per heavy atom. The van der Waals surface area contributed by atoms with Crippen molar-refractivity contribution >= 4 is 23.1 Å². The molecular weight excluding hydrogens is 226 g/mol. The minimum absolute atomic E-state index is 0.263. The molecule has 0 unspecified atom stereocenters. The van der Waals surface area contributed by atoms with Crippen LogP contribution < -0.4 is 10.6 Å². The summed E-state index contributed by atoms with van der Waals surface area (Å²) < 4.78 is 0. The predicted molar refractivity (Wildman–Crippen MR) is 59.4 cm³/mol. The summed E-state index contributed by atoms with van der Waals surface area (Å²) in [7, 11) is 0. The Kier molecular flexibility index (Phi) is 1.79. The largest absolute Gasteiger partial charge is 0.478 e. The lowest BCUT2D eigenvalue weighted by molar-refractivity contribution is -0.132. The molecular formula is C12H6ClNO2. The summed E-state index contributed by atoms with van der Waals surface area (Å²) in [4.78, 5) is 15.2. The fourth-order valence-corrected chi connectivity index (χ4v) is 2.05. The molecule has 1 aliphatic heterocycles. The molecule has 1 aromatic rings. The van der Waals surface area contributed by atoms with Crippen molar-refractivity contribution in [2.75, 3.05) is 0 Å². The molecule has 0 saturated heterocycles. The number of rotatable bonds is 1. The molecule has 16 heavy (non-hydrogen) atoms. The molecule has 1 N–H and O–H groups in total. The maximum Gasteiger partial charge on any atom is 0.335 e. The minimum Gasteiger partial charge on any atom is -0.478 e. The van der Waals surface area contributed by atoms with Crippen LogP contribution in [0.5, 0.6) is 0 Å². The Morgan fingerprint density at radius 1 is 1.31 bits per heavy atom. The van der Waals surface area contributed by atoms with Crippen molar-refractivity contribution in [2.24, 2.45) is 4.99 Å². The Hall–Kier alpha value is -1.87. The van der Waals surface area contributed by atoms with E-state index in [9.17, 15) is 4.79 Å². The fourth-order valence-electron chi connectivity index (χ4n) is 1.88. The molecule has 0 radical (unpaired) electrons. The van der Waals surface area contributed by atoms with E-state index in [0.29, 0.717) is 10.7 Å². The highest BCUT2D eigenvalue weighted by Crippen LogP contribution is 2.26. The number of benzene rings is 1. The Morgan fingerprint density at radius 2 is 2.12 bits per heavy atom. The monoisotopic (exact) mass is 231 g/mol. The van der Waals surface area contributed by atoms with E-state index in [4.69, 9.17) is 16.7 Å². The third-order valence-electron chi connectivity index (χ3n) is 2.60. The fraction of sp³-hybridized carbons (Fsp3) is 0. The summed E-state index contributed by atoms with van der Waals surface area (Å²) in [6, 6.07) is 5.41. The van der Waals surface area contributed by atoms with Gasteiger partial charge in [-0.25, -0.2) is 9.79 Å². The van der Waals surface area contributed by atoms with Gasteiger partial charge in [0.15, 0.2) is 0 Å². The zero-order valence-electron chi connectivity index (χ0n) is 8.07. The molecule has 78 valence electrons. The Bertz CT molecular complexity index is 698. The third kappa shape index (κ3) is 1.22. The first-order chi connectivity index (χ1) is 7.65. The van der Waals surface area contributed by atoms with E-state index in [2.05, 4.69) is 4.99 Å². The lowest BCUT2D eigenvalue weighted by Gasteiger charge is -1.90. The first-order valence-corrected chi connectivity index (χ1v) is 5.08. The maximum atomic E-state index is 10.8. The molecule has 4 heteroatoms. The lowest BCUT2D eigenvalue weighted by Crippen LogP contribution is -2.22. The van der Waals surface area contributed by atoms with Crippen LogP contribution in [0, 0.1) is 0 Å². The molecule has 3 nitrogen and oxygen atoms in total. The van der Waals surface area contributed by atoms with Crippen LogP contribution >= 0.6 is 11.6 Å². The molecule has 0 aromatic heterocycles. The number of fused-ring (bicyclic) bond motifs is 2. The van der Waals surface area contributed by atoms with Crippen LogP contribution in [0.15, 0.2) is 46.6 Å². The van der Waals surface area contributed by atoms with Crippen molar-refractivity contribution in [3.63, 3.8) is 0 Å². The number of carboxylic acids is 1. The number of allylic oxidation sites excluding steroid dienone is 1. The molecule has 1 aromatic carbocycles. The van der Waals surface area contributed by atoms with Gasteiger partial charge < -0.3 is 5.11 Å². The van der Waals surface area contributed by atoms with Gasteiger partial charge in [-0.15, -0.1) is 0 Å². The van der Waals surface area contributed by atoms with Crippen molar-refractivity contribution in [3.8, 4) is 0 Å². The summed E-state index contributed by atoms with van der Waals surface area (Å²) in [5.41, 5.74) is 1.81. The quantitative estimate of drug-likeness (QED) is 0.785. The van der Waals surface area contributed by atoms with Gasteiger partial charge in [0, 0.05) is 15.8 Å². The number of hydrogen-bond donors (Lipinski definition) is 1.